The monoisotopic (exact) mass is 282 g/mol. The van der Waals surface area contributed by atoms with E-state index >= 15 is 0 Å². The molecule has 1 atom stereocenters. The first-order chi connectivity index (χ1) is 9.11. The highest BCUT2D eigenvalue weighted by Gasteiger charge is 2.24. The third-order valence-corrected chi connectivity index (χ3v) is 4.45. The van der Waals surface area contributed by atoms with Crippen molar-refractivity contribution in [2.75, 3.05) is 32.7 Å². The smallest absolute Gasteiger partial charge is 0.264 e. The molecule has 0 aliphatic carbocycles. The van der Waals surface area contributed by atoms with E-state index in [9.17, 15) is 9.90 Å². The van der Waals surface area contributed by atoms with Gasteiger partial charge in [0.1, 0.15) is 0 Å². The molecule has 1 N–H and O–H groups in total. The molecule has 1 aliphatic heterocycles. The van der Waals surface area contributed by atoms with Gasteiger partial charge in [-0.1, -0.05) is 6.92 Å². The molecule has 1 fully saturated rings. The Kier molecular flexibility index (Phi) is 4.96. The molecule has 1 saturated heterocycles. The summed E-state index contributed by atoms with van der Waals surface area (Å²) < 4.78 is 0. The molecule has 1 aliphatic rings. The molecule has 0 aromatic carbocycles. The zero-order chi connectivity index (χ0) is 13.8. The van der Waals surface area contributed by atoms with Crippen LogP contribution in [0.3, 0.4) is 0 Å². The van der Waals surface area contributed by atoms with Crippen molar-refractivity contribution in [2.45, 2.75) is 26.4 Å². The number of β-amino-alcohol motifs (C(OH)–C–C–N with tert-alkyl or cyclic N) is 1. The third-order valence-electron chi connectivity index (χ3n) is 3.50. The minimum atomic E-state index is -0.300. The summed E-state index contributed by atoms with van der Waals surface area (Å²) in [6.07, 6.45) is 0.610. The summed E-state index contributed by atoms with van der Waals surface area (Å²) in [4.78, 5) is 17.5. The van der Waals surface area contributed by atoms with Gasteiger partial charge >= 0.3 is 0 Å². The minimum Gasteiger partial charge on any atom is -0.392 e. The van der Waals surface area contributed by atoms with E-state index in [1.165, 1.54) is 0 Å². The highest BCUT2D eigenvalue weighted by molar-refractivity contribution is 7.12. The van der Waals surface area contributed by atoms with Gasteiger partial charge in [0.05, 0.1) is 11.0 Å². The first-order valence-corrected chi connectivity index (χ1v) is 7.75. The van der Waals surface area contributed by atoms with Crippen LogP contribution >= 0.6 is 11.3 Å². The molecule has 19 heavy (non-hydrogen) atoms. The van der Waals surface area contributed by atoms with Crippen molar-refractivity contribution in [2.24, 2.45) is 0 Å². The lowest BCUT2D eigenvalue weighted by atomic mass is 10.2. The van der Waals surface area contributed by atoms with Crippen molar-refractivity contribution in [3.63, 3.8) is 0 Å². The van der Waals surface area contributed by atoms with Crippen LogP contribution in [0.15, 0.2) is 11.4 Å². The van der Waals surface area contributed by atoms with Crippen LogP contribution in [-0.4, -0.2) is 59.6 Å². The van der Waals surface area contributed by atoms with E-state index in [4.69, 9.17) is 0 Å². The Morgan fingerprint density at radius 3 is 2.68 bits per heavy atom. The Balaban J connectivity index is 1.92. The SMILES string of the molecule is CCc1ccsc1C(=O)N1CCN(C[C@@H](C)O)CC1. The number of aryl methyl sites for hydroxylation is 1. The Bertz CT molecular complexity index is 423. The number of amides is 1. The van der Waals surface area contributed by atoms with Crippen LogP contribution in [-0.2, 0) is 6.42 Å². The third kappa shape index (κ3) is 3.55. The molecule has 4 nitrogen and oxygen atoms in total. The highest BCUT2D eigenvalue weighted by Crippen LogP contribution is 2.20. The summed E-state index contributed by atoms with van der Waals surface area (Å²) in [5.74, 6) is 0.170. The second-order valence-corrected chi connectivity index (χ2v) is 5.99. The van der Waals surface area contributed by atoms with Crippen LogP contribution in [0.1, 0.15) is 29.1 Å². The second-order valence-electron chi connectivity index (χ2n) is 5.07. The van der Waals surface area contributed by atoms with Crippen LogP contribution in [0.25, 0.3) is 0 Å². The lowest BCUT2D eigenvalue weighted by Gasteiger charge is -2.35. The molecule has 1 aromatic rings. The molecule has 2 rings (SSSR count). The van der Waals surface area contributed by atoms with E-state index in [0.717, 1.165) is 43.0 Å². The van der Waals surface area contributed by atoms with E-state index in [-0.39, 0.29) is 12.0 Å². The van der Waals surface area contributed by atoms with E-state index in [1.54, 1.807) is 18.3 Å². The van der Waals surface area contributed by atoms with Gasteiger partial charge in [0.2, 0.25) is 0 Å². The Labute approximate surface area is 118 Å². The number of carbonyl (C=O) groups excluding carboxylic acids is 1. The Morgan fingerprint density at radius 2 is 2.11 bits per heavy atom. The summed E-state index contributed by atoms with van der Waals surface area (Å²) in [6, 6.07) is 2.04. The summed E-state index contributed by atoms with van der Waals surface area (Å²) in [7, 11) is 0. The molecule has 1 amide bonds. The standard InChI is InChI=1S/C14H22N2O2S/c1-3-12-4-9-19-13(12)14(18)16-7-5-15(6-8-16)10-11(2)17/h4,9,11,17H,3,5-8,10H2,1-2H3/t11-/m1/s1. The molecule has 106 valence electrons. The number of hydrogen-bond donors (Lipinski definition) is 1. The van der Waals surface area contributed by atoms with Gasteiger partial charge in [-0.15, -0.1) is 11.3 Å². The van der Waals surface area contributed by atoms with Gasteiger partial charge in [0.25, 0.3) is 5.91 Å². The number of thiophene rings is 1. The van der Waals surface area contributed by atoms with E-state index in [0.29, 0.717) is 6.54 Å². The second kappa shape index (κ2) is 6.50. The van der Waals surface area contributed by atoms with Crippen molar-refractivity contribution in [1.29, 1.82) is 0 Å². The molecule has 1 aromatic heterocycles. The molecule has 0 saturated carbocycles. The van der Waals surface area contributed by atoms with Crippen molar-refractivity contribution in [3.05, 3.63) is 21.9 Å². The molecular weight excluding hydrogens is 260 g/mol. The zero-order valence-electron chi connectivity index (χ0n) is 11.6. The fourth-order valence-electron chi connectivity index (χ4n) is 2.45. The van der Waals surface area contributed by atoms with Crippen molar-refractivity contribution < 1.29 is 9.90 Å². The summed E-state index contributed by atoms with van der Waals surface area (Å²) in [5.41, 5.74) is 1.15. The van der Waals surface area contributed by atoms with E-state index in [2.05, 4.69) is 11.8 Å². The van der Waals surface area contributed by atoms with Gasteiger partial charge in [-0.2, -0.15) is 0 Å². The summed E-state index contributed by atoms with van der Waals surface area (Å²) in [5, 5.41) is 11.4. The van der Waals surface area contributed by atoms with E-state index in [1.807, 2.05) is 16.3 Å². The fraction of sp³-hybridized carbons (Fsp3) is 0.643. The fourth-order valence-corrected chi connectivity index (χ4v) is 3.41. The summed E-state index contributed by atoms with van der Waals surface area (Å²) >= 11 is 1.54. The summed E-state index contributed by atoms with van der Waals surface area (Å²) in [6.45, 7) is 7.80. The number of aliphatic hydroxyl groups is 1. The van der Waals surface area contributed by atoms with Gasteiger partial charge < -0.3 is 10.0 Å². The first kappa shape index (κ1) is 14.5. The maximum Gasteiger partial charge on any atom is 0.264 e. The Morgan fingerprint density at radius 1 is 1.42 bits per heavy atom. The lowest BCUT2D eigenvalue weighted by Crippen LogP contribution is -2.50. The number of aliphatic hydroxyl groups excluding tert-OH is 1. The van der Waals surface area contributed by atoms with Crippen LogP contribution < -0.4 is 0 Å². The molecule has 0 spiro atoms. The molecule has 0 unspecified atom stereocenters. The van der Waals surface area contributed by atoms with Gasteiger partial charge in [-0.05, 0) is 30.4 Å². The van der Waals surface area contributed by atoms with Crippen molar-refractivity contribution >= 4 is 17.2 Å². The molecule has 0 radical (unpaired) electrons. The zero-order valence-corrected chi connectivity index (χ0v) is 12.4. The average molecular weight is 282 g/mol. The van der Waals surface area contributed by atoms with Crippen LogP contribution in [0, 0.1) is 0 Å². The first-order valence-electron chi connectivity index (χ1n) is 6.88. The normalized spacial score (nSPS) is 18.6. The van der Waals surface area contributed by atoms with Crippen molar-refractivity contribution in [3.8, 4) is 0 Å². The minimum absolute atomic E-state index is 0.170. The average Bonchev–Trinajstić information content (AvgIpc) is 2.86. The topological polar surface area (TPSA) is 43.8 Å². The molecule has 2 heterocycles. The molecule has 5 heteroatoms. The largest absolute Gasteiger partial charge is 0.392 e. The maximum absolute atomic E-state index is 12.4. The predicted molar refractivity (Wildman–Crippen MR) is 77.7 cm³/mol. The lowest BCUT2D eigenvalue weighted by molar-refractivity contribution is 0.0557. The van der Waals surface area contributed by atoms with Crippen molar-refractivity contribution in [1.82, 2.24) is 9.80 Å². The number of carbonyl (C=O) groups is 1. The highest BCUT2D eigenvalue weighted by atomic mass is 32.1. The number of rotatable bonds is 4. The van der Waals surface area contributed by atoms with Crippen LogP contribution in [0.2, 0.25) is 0 Å². The Hall–Kier alpha value is -0.910. The van der Waals surface area contributed by atoms with Gasteiger partial charge in [-0.25, -0.2) is 0 Å². The number of piperazine rings is 1. The quantitative estimate of drug-likeness (QED) is 0.909. The maximum atomic E-state index is 12.4. The van der Waals surface area contributed by atoms with Crippen LogP contribution in [0.5, 0.6) is 0 Å². The predicted octanol–water partition coefficient (Wildman–Crippen LogP) is 1.45. The number of hydrogen-bond acceptors (Lipinski definition) is 4. The van der Waals surface area contributed by atoms with Gasteiger partial charge in [0, 0.05) is 32.7 Å². The molecule has 0 bridgehead atoms. The number of nitrogens with zero attached hydrogens (tertiary/aromatic N) is 2. The van der Waals surface area contributed by atoms with E-state index < -0.39 is 0 Å². The van der Waals surface area contributed by atoms with Crippen LogP contribution in [0.4, 0.5) is 0 Å². The van der Waals surface area contributed by atoms with Gasteiger partial charge in [0.15, 0.2) is 0 Å². The molecular formula is C14H22N2O2S. The van der Waals surface area contributed by atoms with Gasteiger partial charge in [-0.3, -0.25) is 9.69 Å².